The zero-order valence-electron chi connectivity index (χ0n) is 11.0. The van der Waals surface area contributed by atoms with Crippen LogP contribution < -0.4 is 10.1 Å². The third kappa shape index (κ3) is 4.58. The van der Waals surface area contributed by atoms with E-state index in [-0.39, 0.29) is 0 Å². The van der Waals surface area contributed by atoms with Crippen molar-refractivity contribution in [3.05, 3.63) is 65.2 Å². The van der Waals surface area contributed by atoms with E-state index >= 15 is 0 Å². The van der Waals surface area contributed by atoms with E-state index in [9.17, 15) is 0 Å². The van der Waals surface area contributed by atoms with Crippen LogP contribution in [0.15, 0.2) is 54.6 Å². The van der Waals surface area contributed by atoms with E-state index in [1.807, 2.05) is 30.3 Å². The highest BCUT2D eigenvalue weighted by molar-refractivity contribution is 6.30. The SMILES string of the molecule is CC(NCCOc1ccc(Cl)cc1)c1ccccc1. The molecule has 0 saturated carbocycles. The van der Waals surface area contributed by atoms with Gasteiger partial charge in [-0.25, -0.2) is 0 Å². The van der Waals surface area contributed by atoms with Crippen LogP contribution in [0.5, 0.6) is 5.75 Å². The van der Waals surface area contributed by atoms with Gasteiger partial charge in [-0.15, -0.1) is 0 Å². The third-order valence-electron chi connectivity index (χ3n) is 2.93. The van der Waals surface area contributed by atoms with Crippen LogP contribution in [0.3, 0.4) is 0 Å². The normalized spacial score (nSPS) is 12.1. The highest BCUT2D eigenvalue weighted by atomic mass is 35.5. The second-order valence-corrected chi connectivity index (χ2v) is 4.83. The van der Waals surface area contributed by atoms with Gasteiger partial charge in [0.1, 0.15) is 12.4 Å². The van der Waals surface area contributed by atoms with Crippen molar-refractivity contribution in [2.45, 2.75) is 13.0 Å². The van der Waals surface area contributed by atoms with Gasteiger partial charge in [0.25, 0.3) is 0 Å². The van der Waals surface area contributed by atoms with Gasteiger partial charge in [0, 0.05) is 17.6 Å². The monoisotopic (exact) mass is 275 g/mol. The van der Waals surface area contributed by atoms with Crippen molar-refractivity contribution in [2.24, 2.45) is 0 Å². The van der Waals surface area contributed by atoms with Gasteiger partial charge < -0.3 is 10.1 Å². The van der Waals surface area contributed by atoms with Crippen LogP contribution in [0.25, 0.3) is 0 Å². The lowest BCUT2D eigenvalue weighted by molar-refractivity contribution is 0.307. The van der Waals surface area contributed by atoms with Gasteiger partial charge in [-0.05, 0) is 36.8 Å². The summed E-state index contributed by atoms with van der Waals surface area (Å²) in [6, 6.07) is 18.1. The zero-order chi connectivity index (χ0) is 13.5. The molecular formula is C16H18ClNO. The molecule has 1 N–H and O–H groups in total. The van der Waals surface area contributed by atoms with E-state index in [1.165, 1.54) is 5.56 Å². The van der Waals surface area contributed by atoms with E-state index in [2.05, 4.69) is 36.5 Å². The Kier molecular flexibility index (Phi) is 5.25. The fraction of sp³-hybridized carbons (Fsp3) is 0.250. The quantitative estimate of drug-likeness (QED) is 0.803. The first-order chi connectivity index (χ1) is 9.25. The summed E-state index contributed by atoms with van der Waals surface area (Å²) in [6.45, 7) is 3.59. The number of benzene rings is 2. The van der Waals surface area contributed by atoms with Crippen LogP contribution in [0.2, 0.25) is 5.02 Å². The van der Waals surface area contributed by atoms with Gasteiger partial charge in [0.15, 0.2) is 0 Å². The minimum atomic E-state index is 0.329. The maximum absolute atomic E-state index is 5.81. The summed E-state index contributed by atoms with van der Waals surface area (Å²) < 4.78 is 5.63. The van der Waals surface area contributed by atoms with E-state index in [0.29, 0.717) is 12.6 Å². The summed E-state index contributed by atoms with van der Waals surface area (Å²) >= 11 is 5.81. The number of halogens is 1. The van der Waals surface area contributed by atoms with Crippen molar-refractivity contribution in [3.8, 4) is 5.75 Å². The first-order valence-corrected chi connectivity index (χ1v) is 6.80. The van der Waals surface area contributed by atoms with Crippen LogP contribution >= 0.6 is 11.6 Å². The second kappa shape index (κ2) is 7.17. The van der Waals surface area contributed by atoms with Gasteiger partial charge in [0.05, 0.1) is 0 Å². The van der Waals surface area contributed by atoms with Crippen molar-refractivity contribution < 1.29 is 4.74 Å². The Hall–Kier alpha value is -1.51. The molecule has 3 heteroatoms. The number of rotatable bonds is 6. The van der Waals surface area contributed by atoms with Gasteiger partial charge in [-0.1, -0.05) is 41.9 Å². The topological polar surface area (TPSA) is 21.3 Å². The summed E-state index contributed by atoms with van der Waals surface area (Å²) in [5, 5.41) is 4.15. The Labute approximate surface area is 119 Å². The lowest BCUT2D eigenvalue weighted by atomic mass is 10.1. The van der Waals surface area contributed by atoms with Gasteiger partial charge in [0.2, 0.25) is 0 Å². The molecule has 2 aromatic carbocycles. The highest BCUT2D eigenvalue weighted by Crippen LogP contribution is 2.15. The fourth-order valence-corrected chi connectivity index (χ4v) is 1.96. The number of ether oxygens (including phenoxy) is 1. The van der Waals surface area contributed by atoms with Crippen molar-refractivity contribution in [1.82, 2.24) is 5.32 Å². The first-order valence-electron chi connectivity index (χ1n) is 6.42. The predicted octanol–water partition coefficient (Wildman–Crippen LogP) is 4.07. The molecule has 1 atom stereocenters. The molecule has 0 saturated heterocycles. The van der Waals surface area contributed by atoms with E-state index in [4.69, 9.17) is 16.3 Å². The predicted molar refractivity (Wildman–Crippen MR) is 79.8 cm³/mol. The summed E-state index contributed by atoms with van der Waals surface area (Å²) in [4.78, 5) is 0. The standard InChI is InChI=1S/C16H18ClNO/c1-13(14-5-3-2-4-6-14)18-11-12-19-16-9-7-15(17)8-10-16/h2-10,13,18H,11-12H2,1H3. The van der Waals surface area contributed by atoms with E-state index in [1.54, 1.807) is 0 Å². The van der Waals surface area contributed by atoms with Crippen LogP contribution in [0, 0.1) is 0 Å². The molecule has 0 fully saturated rings. The Bertz CT molecular complexity index is 484. The Morgan fingerprint density at radius 2 is 1.74 bits per heavy atom. The van der Waals surface area contributed by atoms with Crippen molar-refractivity contribution in [1.29, 1.82) is 0 Å². The first kappa shape index (κ1) is 13.9. The smallest absolute Gasteiger partial charge is 0.119 e. The minimum Gasteiger partial charge on any atom is -0.492 e. The van der Waals surface area contributed by atoms with Crippen LogP contribution in [-0.2, 0) is 0 Å². The van der Waals surface area contributed by atoms with E-state index in [0.717, 1.165) is 17.3 Å². The van der Waals surface area contributed by atoms with Crippen molar-refractivity contribution in [2.75, 3.05) is 13.2 Å². The molecule has 0 aromatic heterocycles. The largest absolute Gasteiger partial charge is 0.492 e. The average Bonchev–Trinajstić information content (AvgIpc) is 2.46. The van der Waals surface area contributed by atoms with Gasteiger partial charge in [-0.3, -0.25) is 0 Å². The second-order valence-electron chi connectivity index (χ2n) is 4.39. The summed E-state index contributed by atoms with van der Waals surface area (Å²) in [5.74, 6) is 0.846. The molecule has 2 aromatic rings. The molecule has 0 aliphatic heterocycles. The minimum absolute atomic E-state index is 0.329. The third-order valence-corrected chi connectivity index (χ3v) is 3.19. The molecule has 0 bridgehead atoms. The fourth-order valence-electron chi connectivity index (χ4n) is 1.83. The number of hydrogen-bond donors (Lipinski definition) is 1. The van der Waals surface area contributed by atoms with Crippen molar-refractivity contribution >= 4 is 11.6 Å². The summed E-state index contributed by atoms with van der Waals surface area (Å²) in [5.41, 5.74) is 1.29. The molecule has 0 aliphatic rings. The molecule has 0 aliphatic carbocycles. The molecule has 0 heterocycles. The molecule has 0 radical (unpaired) electrons. The Balaban J connectivity index is 1.71. The Morgan fingerprint density at radius 3 is 2.42 bits per heavy atom. The number of hydrogen-bond acceptors (Lipinski definition) is 2. The molecule has 0 amide bonds. The molecule has 19 heavy (non-hydrogen) atoms. The summed E-state index contributed by atoms with van der Waals surface area (Å²) in [6.07, 6.45) is 0. The maximum Gasteiger partial charge on any atom is 0.119 e. The van der Waals surface area contributed by atoms with Gasteiger partial charge in [-0.2, -0.15) is 0 Å². The molecule has 2 rings (SSSR count). The van der Waals surface area contributed by atoms with E-state index < -0.39 is 0 Å². The maximum atomic E-state index is 5.81. The lowest BCUT2D eigenvalue weighted by Gasteiger charge is -2.14. The molecule has 0 spiro atoms. The molecule has 1 unspecified atom stereocenters. The van der Waals surface area contributed by atoms with Crippen molar-refractivity contribution in [3.63, 3.8) is 0 Å². The molecular weight excluding hydrogens is 258 g/mol. The average molecular weight is 276 g/mol. The van der Waals surface area contributed by atoms with Crippen LogP contribution in [0.1, 0.15) is 18.5 Å². The number of nitrogens with one attached hydrogen (secondary N) is 1. The zero-order valence-corrected chi connectivity index (χ0v) is 11.7. The Morgan fingerprint density at radius 1 is 1.05 bits per heavy atom. The van der Waals surface area contributed by atoms with Crippen LogP contribution in [0.4, 0.5) is 0 Å². The summed E-state index contributed by atoms with van der Waals surface area (Å²) in [7, 11) is 0. The molecule has 2 nitrogen and oxygen atoms in total. The highest BCUT2D eigenvalue weighted by Gasteiger charge is 2.02. The molecule has 100 valence electrons. The van der Waals surface area contributed by atoms with Crippen LogP contribution in [-0.4, -0.2) is 13.2 Å². The lowest BCUT2D eigenvalue weighted by Crippen LogP contribution is -2.24. The van der Waals surface area contributed by atoms with Gasteiger partial charge >= 0.3 is 0 Å².